The number of hydrogen-bond acceptors (Lipinski definition) is 5. The summed E-state index contributed by atoms with van der Waals surface area (Å²) in [4.78, 5) is 11.5. The van der Waals surface area contributed by atoms with E-state index in [1.807, 2.05) is 0 Å². The van der Waals surface area contributed by atoms with E-state index >= 15 is 0 Å². The molecule has 7 nitrogen and oxygen atoms in total. The van der Waals surface area contributed by atoms with Crippen molar-refractivity contribution < 1.29 is 9.53 Å². The second-order valence-electron chi connectivity index (χ2n) is 4.82. The van der Waals surface area contributed by atoms with Gasteiger partial charge in [0.25, 0.3) is 0 Å². The SMILES string of the molecule is COCCNC(=O)Cn1cc(CNCC2CC2)nn1. The molecule has 0 unspecified atom stereocenters. The number of rotatable bonds is 9. The van der Waals surface area contributed by atoms with Crippen LogP contribution in [0.5, 0.6) is 0 Å². The van der Waals surface area contributed by atoms with Crippen LogP contribution in [0.1, 0.15) is 18.5 Å². The second-order valence-corrected chi connectivity index (χ2v) is 4.82. The molecule has 0 saturated heterocycles. The van der Waals surface area contributed by atoms with Crippen LogP contribution in [0.15, 0.2) is 6.20 Å². The van der Waals surface area contributed by atoms with Gasteiger partial charge in [-0.05, 0) is 25.3 Å². The molecule has 2 rings (SSSR count). The summed E-state index contributed by atoms with van der Waals surface area (Å²) < 4.78 is 6.41. The maximum Gasteiger partial charge on any atom is 0.241 e. The van der Waals surface area contributed by atoms with Crippen LogP contribution in [0.25, 0.3) is 0 Å². The van der Waals surface area contributed by atoms with Gasteiger partial charge in [0.1, 0.15) is 6.54 Å². The van der Waals surface area contributed by atoms with Crippen LogP contribution in [-0.4, -0.2) is 47.7 Å². The Labute approximate surface area is 112 Å². The Hall–Kier alpha value is -1.47. The lowest BCUT2D eigenvalue weighted by Crippen LogP contribution is -2.30. The van der Waals surface area contributed by atoms with E-state index in [9.17, 15) is 4.79 Å². The fourth-order valence-corrected chi connectivity index (χ4v) is 1.72. The summed E-state index contributed by atoms with van der Waals surface area (Å²) >= 11 is 0. The van der Waals surface area contributed by atoms with Crippen LogP contribution in [0.4, 0.5) is 0 Å². The first-order chi connectivity index (χ1) is 9.28. The van der Waals surface area contributed by atoms with Gasteiger partial charge < -0.3 is 15.4 Å². The zero-order valence-electron chi connectivity index (χ0n) is 11.3. The van der Waals surface area contributed by atoms with E-state index in [2.05, 4.69) is 20.9 Å². The number of nitrogens with one attached hydrogen (secondary N) is 2. The highest BCUT2D eigenvalue weighted by Gasteiger charge is 2.20. The summed E-state index contributed by atoms with van der Waals surface area (Å²) in [6, 6.07) is 0. The molecule has 0 bridgehead atoms. The van der Waals surface area contributed by atoms with Gasteiger partial charge in [-0.25, -0.2) is 4.68 Å². The quantitative estimate of drug-likeness (QED) is 0.592. The average molecular weight is 267 g/mol. The topological polar surface area (TPSA) is 81.1 Å². The smallest absolute Gasteiger partial charge is 0.241 e. The molecule has 1 fully saturated rings. The third kappa shape index (κ3) is 5.35. The van der Waals surface area contributed by atoms with Crippen LogP contribution >= 0.6 is 0 Å². The number of hydrogen-bond donors (Lipinski definition) is 2. The Balaban J connectivity index is 1.65. The van der Waals surface area contributed by atoms with E-state index < -0.39 is 0 Å². The molecule has 0 radical (unpaired) electrons. The van der Waals surface area contributed by atoms with Gasteiger partial charge in [-0.1, -0.05) is 5.21 Å². The number of ether oxygens (including phenoxy) is 1. The van der Waals surface area contributed by atoms with Gasteiger partial charge in [-0.2, -0.15) is 0 Å². The lowest BCUT2D eigenvalue weighted by molar-refractivity contribution is -0.122. The van der Waals surface area contributed by atoms with E-state index in [0.717, 1.165) is 18.2 Å². The lowest BCUT2D eigenvalue weighted by atomic mass is 10.4. The Bertz CT molecular complexity index is 403. The molecule has 0 aliphatic heterocycles. The summed E-state index contributed by atoms with van der Waals surface area (Å²) in [5.41, 5.74) is 0.866. The normalized spacial score (nSPS) is 14.6. The van der Waals surface area contributed by atoms with Crippen LogP contribution in [0.2, 0.25) is 0 Å². The third-order valence-electron chi connectivity index (χ3n) is 2.96. The predicted octanol–water partition coefficient (Wildman–Crippen LogP) is -0.460. The molecule has 1 saturated carbocycles. The van der Waals surface area contributed by atoms with Crippen LogP contribution < -0.4 is 10.6 Å². The Morgan fingerprint density at radius 1 is 1.58 bits per heavy atom. The van der Waals surface area contributed by atoms with Crippen LogP contribution in [0, 0.1) is 5.92 Å². The number of carbonyl (C=O) groups is 1. The highest BCUT2D eigenvalue weighted by atomic mass is 16.5. The van der Waals surface area contributed by atoms with Gasteiger partial charge in [0.15, 0.2) is 0 Å². The molecule has 1 aromatic rings. The Morgan fingerprint density at radius 3 is 3.16 bits per heavy atom. The van der Waals surface area contributed by atoms with Crippen molar-refractivity contribution in [3.8, 4) is 0 Å². The van der Waals surface area contributed by atoms with Gasteiger partial charge >= 0.3 is 0 Å². The molecule has 19 heavy (non-hydrogen) atoms. The molecule has 0 spiro atoms. The van der Waals surface area contributed by atoms with Crippen molar-refractivity contribution in [3.05, 3.63) is 11.9 Å². The van der Waals surface area contributed by atoms with Gasteiger partial charge in [-0.15, -0.1) is 5.10 Å². The second kappa shape index (κ2) is 7.20. The molecule has 2 N–H and O–H groups in total. The molecule has 7 heteroatoms. The van der Waals surface area contributed by atoms with Crippen molar-refractivity contribution in [2.75, 3.05) is 26.8 Å². The number of carbonyl (C=O) groups excluding carboxylic acids is 1. The Morgan fingerprint density at radius 2 is 2.42 bits per heavy atom. The molecule has 1 aromatic heterocycles. The highest BCUT2D eigenvalue weighted by molar-refractivity contribution is 5.75. The molecule has 1 aliphatic carbocycles. The standard InChI is InChI=1S/C12H21N5O2/c1-19-5-4-14-12(18)9-17-8-11(15-16-17)7-13-6-10-2-3-10/h8,10,13H,2-7,9H2,1H3,(H,14,18). The minimum Gasteiger partial charge on any atom is -0.383 e. The first kappa shape index (κ1) is 14.0. The largest absolute Gasteiger partial charge is 0.383 e. The molecular formula is C12H21N5O2. The molecule has 0 atom stereocenters. The molecular weight excluding hydrogens is 246 g/mol. The van der Waals surface area contributed by atoms with Gasteiger partial charge in [-0.3, -0.25) is 4.79 Å². The predicted molar refractivity (Wildman–Crippen MR) is 69.3 cm³/mol. The van der Waals surface area contributed by atoms with E-state index in [4.69, 9.17) is 4.74 Å². The van der Waals surface area contributed by atoms with Gasteiger partial charge in [0, 0.05) is 20.2 Å². The molecule has 106 valence electrons. The number of methoxy groups -OCH3 is 1. The van der Waals surface area contributed by atoms with Crippen molar-refractivity contribution in [2.45, 2.75) is 25.9 Å². The zero-order chi connectivity index (χ0) is 13.5. The summed E-state index contributed by atoms with van der Waals surface area (Å²) in [6.07, 6.45) is 4.47. The van der Waals surface area contributed by atoms with E-state index in [1.165, 1.54) is 12.8 Å². The molecule has 0 aromatic carbocycles. The minimum absolute atomic E-state index is 0.0839. The monoisotopic (exact) mass is 267 g/mol. The third-order valence-corrected chi connectivity index (χ3v) is 2.96. The summed E-state index contributed by atoms with van der Waals surface area (Å²) in [7, 11) is 1.60. The van der Waals surface area contributed by atoms with E-state index in [0.29, 0.717) is 19.7 Å². The fourth-order valence-electron chi connectivity index (χ4n) is 1.72. The maximum absolute atomic E-state index is 11.5. The number of nitrogens with zero attached hydrogens (tertiary/aromatic N) is 3. The summed E-state index contributed by atoms with van der Waals surface area (Å²) in [6.45, 7) is 2.98. The van der Waals surface area contributed by atoms with Crippen molar-refractivity contribution in [1.29, 1.82) is 0 Å². The number of amides is 1. The van der Waals surface area contributed by atoms with E-state index in [-0.39, 0.29) is 12.5 Å². The first-order valence-electron chi connectivity index (χ1n) is 6.63. The van der Waals surface area contributed by atoms with Crippen molar-refractivity contribution in [1.82, 2.24) is 25.6 Å². The summed E-state index contributed by atoms with van der Waals surface area (Å²) in [5, 5.41) is 14.0. The van der Waals surface area contributed by atoms with Gasteiger partial charge in [0.2, 0.25) is 5.91 Å². The van der Waals surface area contributed by atoms with E-state index in [1.54, 1.807) is 18.0 Å². The number of aromatic nitrogens is 3. The van der Waals surface area contributed by atoms with Crippen LogP contribution in [-0.2, 0) is 22.6 Å². The van der Waals surface area contributed by atoms with Crippen molar-refractivity contribution in [3.63, 3.8) is 0 Å². The van der Waals surface area contributed by atoms with Crippen molar-refractivity contribution >= 4 is 5.91 Å². The van der Waals surface area contributed by atoms with Crippen molar-refractivity contribution in [2.24, 2.45) is 5.92 Å². The first-order valence-corrected chi connectivity index (χ1v) is 6.63. The fraction of sp³-hybridized carbons (Fsp3) is 0.750. The zero-order valence-corrected chi connectivity index (χ0v) is 11.3. The lowest BCUT2D eigenvalue weighted by Gasteiger charge is -2.03. The minimum atomic E-state index is -0.0839. The van der Waals surface area contributed by atoms with Crippen LogP contribution in [0.3, 0.4) is 0 Å². The maximum atomic E-state index is 11.5. The van der Waals surface area contributed by atoms with Gasteiger partial charge in [0.05, 0.1) is 18.5 Å². The average Bonchev–Trinajstić information content (AvgIpc) is 3.10. The highest BCUT2D eigenvalue weighted by Crippen LogP contribution is 2.27. The Kier molecular flexibility index (Phi) is 5.29. The molecule has 1 heterocycles. The summed E-state index contributed by atoms with van der Waals surface area (Å²) in [5.74, 6) is 0.765. The molecule has 1 amide bonds. The molecule has 1 aliphatic rings.